The second-order valence-electron chi connectivity index (χ2n) is 10.1. The van der Waals surface area contributed by atoms with Crippen LogP contribution in [0.25, 0.3) is 11.2 Å². The third-order valence-electron chi connectivity index (χ3n) is 7.45. The lowest BCUT2D eigenvalue weighted by Crippen LogP contribution is -2.39. The average Bonchev–Trinajstić information content (AvgIpc) is 3.27. The number of thiol groups is 1. The summed E-state index contributed by atoms with van der Waals surface area (Å²) in [5.74, 6) is -0.275. The number of H-pyrrole nitrogens is 1. The maximum Gasteiger partial charge on any atom is 0.386 e. The fourth-order valence-electron chi connectivity index (χ4n) is 5.56. The molecule has 0 radical (unpaired) electrons. The van der Waals surface area contributed by atoms with Crippen molar-refractivity contribution in [1.82, 2.24) is 29.5 Å². The third kappa shape index (κ3) is 4.92. The molecule has 0 spiro atoms. The first-order chi connectivity index (χ1) is 19.4. The van der Waals surface area contributed by atoms with Crippen LogP contribution in [0.4, 0.5) is 5.95 Å². The van der Waals surface area contributed by atoms with E-state index in [-0.39, 0.29) is 23.7 Å². The van der Waals surface area contributed by atoms with Gasteiger partial charge in [0.15, 0.2) is 23.0 Å². The molecule has 17 nitrogen and oxygen atoms in total. The van der Waals surface area contributed by atoms with Crippen LogP contribution in [0.15, 0.2) is 29.7 Å². The van der Waals surface area contributed by atoms with E-state index < -0.39 is 67.3 Å². The molecule has 5 heterocycles. The van der Waals surface area contributed by atoms with Crippen LogP contribution in [0.2, 0.25) is 0 Å². The maximum atomic E-state index is 13.5. The fraction of sp³-hybridized carbons (Fsp3) is 0.550. The summed E-state index contributed by atoms with van der Waals surface area (Å²) in [4.78, 5) is 41.7. The van der Waals surface area contributed by atoms with Crippen molar-refractivity contribution < 1.29 is 42.1 Å². The SMILES string of the molecule is Nc1nc2c(ncn2[C@@H]2O[C@@H]3C4OP(O)(=S)O[C@H]5C[C@H](Oc6ccncn6)CC5COP(=O)(S)O[C@@H]2[C@]43O)c(=O)[nH]1. The average molecular weight is 648 g/mol. The van der Waals surface area contributed by atoms with Gasteiger partial charge >= 0.3 is 13.5 Å². The van der Waals surface area contributed by atoms with Gasteiger partial charge in [0.05, 0.1) is 19.0 Å². The lowest BCUT2D eigenvalue weighted by Gasteiger charge is -2.32. The molecule has 41 heavy (non-hydrogen) atoms. The molecule has 3 aromatic heterocycles. The van der Waals surface area contributed by atoms with E-state index in [0.717, 1.165) is 0 Å². The highest BCUT2D eigenvalue weighted by Gasteiger charge is 2.80. The van der Waals surface area contributed by atoms with E-state index in [2.05, 4.69) is 37.2 Å². The second-order valence-corrected chi connectivity index (χ2v) is 15.7. The van der Waals surface area contributed by atoms with Crippen LogP contribution in [0.1, 0.15) is 19.1 Å². The quantitative estimate of drug-likeness (QED) is 0.192. The lowest BCUT2D eigenvalue weighted by atomic mass is 10.1. The minimum Gasteiger partial charge on any atom is -0.474 e. The Morgan fingerprint density at radius 2 is 2.07 bits per heavy atom. The summed E-state index contributed by atoms with van der Waals surface area (Å²) >= 11 is 9.45. The molecule has 7 rings (SSSR count). The highest BCUT2D eigenvalue weighted by atomic mass is 32.7. The molecule has 3 aromatic rings. The Hall–Kier alpha value is -2.02. The molecule has 0 amide bonds. The van der Waals surface area contributed by atoms with Crippen LogP contribution in [0.5, 0.6) is 5.88 Å². The number of rotatable bonds is 3. The summed E-state index contributed by atoms with van der Waals surface area (Å²) in [5, 5.41) is 11.6. The Morgan fingerprint density at radius 3 is 2.85 bits per heavy atom. The number of nitrogen functional groups attached to an aromatic ring is 1. The van der Waals surface area contributed by atoms with Gasteiger partial charge in [-0.05, 0) is 18.2 Å². The van der Waals surface area contributed by atoms with Gasteiger partial charge in [0.2, 0.25) is 11.8 Å². The second kappa shape index (κ2) is 9.75. The monoisotopic (exact) mass is 647 g/mol. The molecule has 10 atom stereocenters. The van der Waals surface area contributed by atoms with Gasteiger partial charge in [-0.2, -0.15) is 4.98 Å². The molecule has 220 valence electrons. The van der Waals surface area contributed by atoms with Crippen molar-refractivity contribution >= 4 is 54.7 Å². The summed E-state index contributed by atoms with van der Waals surface area (Å²) in [6.07, 6.45) is -1.24. The summed E-state index contributed by atoms with van der Waals surface area (Å²) in [5.41, 5.74) is 3.15. The number of anilines is 1. The number of hydrogen-bond donors (Lipinski definition) is 5. The molecule has 2 saturated heterocycles. The standard InChI is InChI=1S/C20H23N7O10P2S2/c21-19-25-16-12(17(28)26-19)24-7-27(16)18-15-20(29)13(34-18)14(20)36-39(31,41)35-10-4-9(33-11-1-2-22-6-23-11)3-8(10)5-32-38(30,40)37-15/h1-2,6-10,13-15,18,29H,3-5H2,(H,30,40)(H,31,41)(H3,21,25,26,28)/t8?,9-,10+,13-,14?,15+,18-,20-,38?,39?/m1/s1. The minimum atomic E-state index is -4.17. The molecule has 5 N–H and O–H groups in total. The Bertz CT molecular complexity index is 1660. The smallest absolute Gasteiger partial charge is 0.386 e. The molecule has 2 saturated carbocycles. The van der Waals surface area contributed by atoms with E-state index in [4.69, 9.17) is 45.1 Å². The van der Waals surface area contributed by atoms with Crippen LogP contribution in [-0.2, 0) is 39.2 Å². The van der Waals surface area contributed by atoms with Gasteiger partial charge < -0.3 is 34.3 Å². The zero-order chi connectivity index (χ0) is 28.7. The summed E-state index contributed by atoms with van der Waals surface area (Å²) in [7, 11) is 0. The van der Waals surface area contributed by atoms with Gasteiger partial charge in [0, 0.05) is 24.6 Å². The van der Waals surface area contributed by atoms with Crippen LogP contribution >= 0.6 is 25.8 Å². The number of fused-ring (bicyclic) bond motifs is 3. The molecule has 0 aromatic carbocycles. The third-order valence-corrected chi connectivity index (χ3v) is 10.6. The molecule has 4 unspecified atom stereocenters. The fourth-order valence-corrected chi connectivity index (χ4v) is 8.89. The Kier molecular flexibility index (Phi) is 6.61. The predicted molar refractivity (Wildman–Crippen MR) is 144 cm³/mol. The van der Waals surface area contributed by atoms with Crippen LogP contribution in [0, 0.1) is 5.92 Å². The first kappa shape index (κ1) is 27.8. The molecule has 0 bridgehead atoms. The zero-order valence-corrected chi connectivity index (χ0v) is 24.2. The number of nitrogens with one attached hydrogen (secondary N) is 1. The first-order valence-electron chi connectivity index (χ1n) is 12.3. The lowest BCUT2D eigenvalue weighted by molar-refractivity contribution is -0.0864. The molecular weight excluding hydrogens is 624 g/mol. The number of imidazole rings is 1. The molecule has 2 aliphatic carbocycles. The van der Waals surface area contributed by atoms with Crippen LogP contribution < -0.4 is 16.0 Å². The molecule has 2 aliphatic heterocycles. The maximum absolute atomic E-state index is 13.5. The van der Waals surface area contributed by atoms with Gasteiger partial charge in [-0.15, -0.1) is 0 Å². The van der Waals surface area contributed by atoms with Crippen molar-refractivity contribution in [2.24, 2.45) is 5.92 Å². The topological polar surface area (TPSA) is 228 Å². The first-order valence-corrected chi connectivity index (χ1v) is 17.6. The van der Waals surface area contributed by atoms with Crippen LogP contribution in [-0.4, -0.2) is 82.2 Å². The van der Waals surface area contributed by atoms with Crippen molar-refractivity contribution in [1.29, 1.82) is 0 Å². The van der Waals surface area contributed by atoms with Crippen molar-refractivity contribution in [3.05, 3.63) is 35.3 Å². The molecular formula is C20H23N7O10P2S2. The van der Waals surface area contributed by atoms with E-state index in [9.17, 15) is 19.4 Å². The molecule has 21 heteroatoms. The Labute approximate surface area is 240 Å². The van der Waals surface area contributed by atoms with Crippen molar-refractivity contribution in [2.45, 2.75) is 55.2 Å². The van der Waals surface area contributed by atoms with Gasteiger partial charge in [-0.25, -0.2) is 19.5 Å². The number of aromatic amines is 1. The normalized spacial score (nSPS) is 42.2. The van der Waals surface area contributed by atoms with Gasteiger partial charge in [-0.1, -0.05) is 12.2 Å². The van der Waals surface area contributed by atoms with E-state index in [0.29, 0.717) is 18.7 Å². The van der Waals surface area contributed by atoms with Crippen LogP contribution in [0.3, 0.4) is 0 Å². The number of aliphatic hydroxyl groups is 1. The number of nitrogens with zero attached hydrogens (tertiary/aromatic N) is 5. The van der Waals surface area contributed by atoms with E-state index in [1.54, 1.807) is 6.07 Å². The van der Waals surface area contributed by atoms with Gasteiger partial charge in [0.1, 0.15) is 30.7 Å². The zero-order valence-electron chi connectivity index (χ0n) is 20.7. The minimum absolute atomic E-state index is 0.0300. The highest BCUT2D eigenvalue weighted by Crippen LogP contribution is 2.67. The molecule has 4 aliphatic rings. The largest absolute Gasteiger partial charge is 0.474 e. The summed E-state index contributed by atoms with van der Waals surface area (Å²) in [6, 6.07) is 1.60. The Balaban J connectivity index is 1.18. The van der Waals surface area contributed by atoms with Crippen molar-refractivity contribution in [3.63, 3.8) is 0 Å². The number of nitrogens with two attached hydrogens (primary N) is 1. The summed E-state index contributed by atoms with van der Waals surface area (Å²) in [6.45, 7) is -8.29. The number of aromatic nitrogens is 6. The summed E-state index contributed by atoms with van der Waals surface area (Å²) < 4.78 is 49.7. The van der Waals surface area contributed by atoms with Crippen molar-refractivity contribution in [3.8, 4) is 5.88 Å². The van der Waals surface area contributed by atoms with Crippen molar-refractivity contribution in [2.75, 3.05) is 12.3 Å². The van der Waals surface area contributed by atoms with E-state index in [1.807, 2.05) is 0 Å². The predicted octanol–water partition coefficient (Wildman–Crippen LogP) is 0.432. The van der Waals surface area contributed by atoms with E-state index >= 15 is 0 Å². The highest BCUT2D eigenvalue weighted by molar-refractivity contribution is 8.44. The number of hydrogen-bond acceptors (Lipinski definition) is 15. The van der Waals surface area contributed by atoms with Gasteiger partial charge in [0.25, 0.3) is 5.56 Å². The molecule has 4 fully saturated rings. The number of ether oxygens (including phenoxy) is 2. The van der Waals surface area contributed by atoms with Gasteiger partial charge in [-0.3, -0.25) is 23.4 Å². The Morgan fingerprint density at radius 1 is 1.24 bits per heavy atom. The van der Waals surface area contributed by atoms with E-state index in [1.165, 1.54) is 23.4 Å².